The second-order valence-electron chi connectivity index (χ2n) is 5.85. The minimum Gasteiger partial charge on any atom is -0.375 e. The first-order valence-corrected chi connectivity index (χ1v) is 8.37. The van der Waals surface area contributed by atoms with Crippen molar-refractivity contribution >= 4 is 33.3 Å². The fourth-order valence-electron chi connectivity index (χ4n) is 3.08. The first kappa shape index (κ1) is 15.9. The molecule has 3 N–H and O–H groups in total. The van der Waals surface area contributed by atoms with Gasteiger partial charge in [-0.15, -0.1) is 11.3 Å². The number of benzene rings is 1. The molecule has 0 fully saturated rings. The van der Waals surface area contributed by atoms with Crippen LogP contribution in [0, 0.1) is 0 Å². The average Bonchev–Trinajstić information content (AvgIpc) is 3.13. The Morgan fingerprint density at radius 1 is 1.36 bits per heavy atom. The summed E-state index contributed by atoms with van der Waals surface area (Å²) in [6.07, 6.45) is -3.88. The van der Waals surface area contributed by atoms with Crippen molar-refractivity contribution in [3.8, 4) is 0 Å². The van der Waals surface area contributed by atoms with Crippen LogP contribution in [0.3, 0.4) is 0 Å². The SMILES string of the molecule is Nc1nc2c(s1)CN(C(=O)c1cc3c(C(F)(F)F)cccc3[nH]1)CC2. The van der Waals surface area contributed by atoms with Gasteiger partial charge in [0.05, 0.1) is 17.8 Å². The highest BCUT2D eigenvalue weighted by Gasteiger charge is 2.33. The highest BCUT2D eigenvalue weighted by molar-refractivity contribution is 7.15. The van der Waals surface area contributed by atoms with Crippen LogP contribution < -0.4 is 5.73 Å². The number of fused-ring (bicyclic) bond motifs is 2. The fraction of sp³-hybridized carbons (Fsp3) is 0.250. The highest BCUT2D eigenvalue weighted by Crippen LogP contribution is 2.35. The molecule has 0 atom stereocenters. The first-order chi connectivity index (χ1) is 11.8. The number of thiazole rings is 1. The Morgan fingerprint density at radius 3 is 2.92 bits per heavy atom. The minimum atomic E-state index is -4.47. The van der Waals surface area contributed by atoms with Gasteiger partial charge in [-0.05, 0) is 18.2 Å². The van der Waals surface area contributed by atoms with Crippen molar-refractivity contribution in [2.75, 3.05) is 12.3 Å². The lowest BCUT2D eigenvalue weighted by Gasteiger charge is -2.25. The third kappa shape index (κ3) is 2.74. The Labute approximate surface area is 144 Å². The number of aromatic amines is 1. The molecule has 4 rings (SSSR count). The summed E-state index contributed by atoms with van der Waals surface area (Å²) < 4.78 is 39.4. The molecule has 1 aromatic carbocycles. The lowest BCUT2D eigenvalue weighted by molar-refractivity contribution is -0.136. The van der Waals surface area contributed by atoms with E-state index in [1.54, 1.807) is 4.90 Å². The molecular formula is C16H13F3N4OS. The molecule has 3 aromatic rings. The van der Waals surface area contributed by atoms with Crippen molar-refractivity contribution in [1.29, 1.82) is 0 Å². The number of halogens is 3. The number of nitrogens with two attached hydrogens (primary N) is 1. The molecule has 130 valence electrons. The molecule has 0 radical (unpaired) electrons. The monoisotopic (exact) mass is 366 g/mol. The number of H-pyrrole nitrogens is 1. The molecule has 9 heteroatoms. The number of nitrogens with one attached hydrogen (secondary N) is 1. The third-order valence-corrected chi connectivity index (χ3v) is 5.15. The quantitative estimate of drug-likeness (QED) is 0.693. The number of hydrogen-bond donors (Lipinski definition) is 2. The van der Waals surface area contributed by atoms with Gasteiger partial charge in [-0.25, -0.2) is 4.98 Å². The molecule has 2 aromatic heterocycles. The van der Waals surface area contributed by atoms with Crippen molar-refractivity contribution in [2.45, 2.75) is 19.1 Å². The molecule has 1 amide bonds. The smallest absolute Gasteiger partial charge is 0.375 e. The third-order valence-electron chi connectivity index (χ3n) is 4.23. The second kappa shape index (κ2) is 5.48. The molecule has 0 aliphatic carbocycles. The van der Waals surface area contributed by atoms with E-state index in [0.29, 0.717) is 24.6 Å². The van der Waals surface area contributed by atoms with E-state index in [1.807, 2.05) is 0 Å². The molecule has 0 saturated carbocycles. The van der Waals surface area contributed by atoms with E-state index in [9.17, 15) is 18.0 Å². The Bertz CT molecular complexity index is 976. The van der Waals surface area contributed by atoms with Gasteiger partial charge < -0.3 is 15.6 Å². The zero-order valence-corrected chi connectivity index (χ0v) is 13.7. The maximum absolute atomic E-state index is 13.1. The Hall–Kier alpha value is -2.55. The van der Waals surface area contributed by atoms with Gasteiger partial charge in [0.1, 0.15) is 5.69 Å². The number of aromatic nitrogens is 2. The van der Waals surface area contributed by atoms with E-state index in [0.717, 1.165) is 16.6 Å². The number of carbonyl (C=O) groups is 1. The summed E-state index contributed by atoms with van der Waals surface area (Å²) in [6, 6.07) is 5.14. The van der Waals surface area contributed by atoms with Crippen LogP contribution in [-0.4, -0.2) is 27.3 Å². The summed E-state index contributed by atoms with van der Waals surface area (Å²) in [5.41, 5.74) is 6.26. The molecule has 5 nitrogen and oxygen atoms in total. The van der Waals surface area contributed by atoms with Crippen molar-refractivity contribution < 1.29 is 18.0 Å². The predicted molar refractivity (Wildman–Crippen MR) is 88.3 cm³/mol. The first-order valence-electron chi connectivity index (χ1n) is 7.55. The van der Waals surface area contributed by atoms with Crippen LogP contribution in [0.1, 0.15) is 26.6 Å². The van der Waals surface area contributed by atoms with Gasteiger partial charge in [-0.1, -0.05) is 6.07 Å². The molecule has 0 saturated heterocycles. The van der Waals surface area contributed by atoms with Gasteiger partial charge in [-0.3, -0.25) is 4.79 Å². The fourth-order valence-corrected chi connectivity index (χ4v) is 3.97. The predicted octanol–water partition coefficient (Wildman–Crippen LogP) is 3.42. The number of nitrogens with zero attached hydrogens (tertiary/aromatic N) is 2. The summed E-state index contributed by atoms with van der Waals surface area (Å²) in [5, 5.41) is 0.456. The number of carbonyl (C=O) groups excluding carboxylic acids is 1. The molecule has 1 aliphatic rings. The van der Waals surface area contributed by atoms with Crippen LogP contribution in [0.15, 0.2) is 24.3 Å². The molecular weight excluding hydrogens is 353 g/mol. The van der Waals surface area contributed by atoms with E-state index in [1.165, 1.54) is 29.5 Å². The lowest BCUT2D eigenvalue weighted by Crippen LogP contribution is -2.35. The van der Waals surface area contributed by atoms with Crippen LogP contribution >= 0.6 is 11.3 Å². The number of hydrogen-bond acceptors (Lipinski definition) is 4. The molecule has 25 heavy (non-hydrogen) atoms. The maximum atomic E-state index is 13.1. The van der Waals surface area contributed by atoms with Gasteiger partial charge in [0, 0.05) is 28.7 Å². The zero-order valence-electron chi connectivity index (χ0n) is 12.9. The summed E-state index contributed by atoms with van der Waals surface area (Å²) in [6.45, 7) is 0.820. The summed E-state index contributed by atoms with van der Waals surface area (Å²) in [7, 11) is 0. The van der Waals surface area contributed by atoms with Crippen molar-refractivity contribution in [3.05, 3.63) is 46.1 Å². The van der Waals surface area contributed by atoms with Gasteiger partial charge in [0.2, 0.25) is 0 Å². The van der Waals surface area contributed by atoms with Gasteiger partial charge in [-0.2, -0.15) is 13.2 Å². The molecule has 0 unspecified atom stereocenters. The van der Waals surface area contributed by atoms with Crippen LogP contribution in [0.2, 0.25) is 0 Å². The van der Waals surface area contributed by atoms with Crippen LogP contribution in [0.25, 0.3) is 10.9 Å². The Balaban J connectivity index is 1.67. The molecule has 0 bridgehead atoms. The largest absolute Gasteiger partial charge is 0.417 e. The Kier molecular flexibility index (Phi) is 3.50. The number of nitrogen functional groups attached to an aromatic ring is 1. The maximum Gasteiger partial charge on any atom is 0.417 e. The standard InChI is InChI=1S/C16H13F3N4OS/c17-16(18,19)9-2-1-3-10-8(9)6-12(21-10)14(24)23-5-4-11-13(7-23)25-15(20)22-11/h1-3,6,21H,4-5,7H2,(H2,20,22). The lowest BCUT2D eigenvalue weighted by atomic mass is 10.1. The summed E-state index contributed by atoms with van der Waals surface area (Å²) in [5.74, 6) is -0.332. The van der Waals surface area contributed by atoms with Crippen LogP contribution in [0.5, 0.6) is 0 Å². The number of anilines is 1. The molecule has 3 heterocycles. The van der Waals surface area contributed by atoms with Crippen molar-refractivity contribution in [2.24, 2.45) is 0 Å². The normalized spacial score (nSPS) is 14.8. The van der Waals surface area contributed by atoms with Crippen molar-refractivity contribution in [3.63, 3.8) is 0 Å². The minimum absolute atomic E-state index is 0.00177. The van der Waals surface area contributed by atoms with E-state index < -0.39 is 11.7 Å². The zero-order chi connectivity index (χ0) is 17.8. The van der Waals surface area contributed by atoms with Crippen molar-refractivity contribution in [1.82, 2.24) is 14.9 Å². The Morgan fingerprint density at radius 2 is 2.16 bits per heavy atom. The number of alkyl halides is 3. The van der Waals surface area contributed by atoms with Gasteiger partial charge in [0.25, 0.3) is 5.91 Å². The van der Waals surface area contributed by atoms with Gasteiger partial charge in [0.15, 0.2) is 5.13 Å². The van der Waals surface area contributed by atoms with Crippen LogP contribution in [-0.2, 0) is 19.1 Å². The van der Waals surface area contributed by atoms with Crippen LogP contribution in [0.4, 0.5) is 18.3 Å². The number of rotatable bonds is 1. The average molecular weight is 366 g/mol. The number of amides is 1. The van der Waals surface area contributed by atoms with Gasteiger partial charge >= 0.3 is 6.18 Å². The molecule has 1 aliphatic heterocycles. The van der Waals surface area contributed by atoms with E-state index in [4.69, 9.17) is 5.73 Å². The summed E-state index contributed by atoms with van der Waals surface area (Å²) >= 11 is 1.33. The topological polar surface area (TPSA) is 75.0 Å². The molecule has 0 spiro atoms. The highest BCUT2D eigenvalue weighted by atomic mass is 32.1. The second-order valence-corrected chi connectivity index (χ2v) is 6.96. The van der Waals surface area contributed by atoms with E-state index in [-0.39, 0.29) is 22.5 Å². The van der Waals surface area contributed by atoms with E-state index in [2.05, 4.69) is 9.97 Å². The summed E-state index contributed by atoms with van der Waals surface area (Å²) in [4.78, 5) is 22.3. The van der Waals surface area contributed by atoms with E-state index >= 15 is 0 Å².